The van der Waals surface area contributed by atoms with Crippen molar-refractivity contribution in [3.63, 3.8) is 0 Å². The first-order valence-corrected chi connectivity index (χ1v) is 6.06. The van der Waals surface area contributed by atoms with Gasteiger partial charge in [0.25, 0.3) is 5.91 Å². The molecule has 1 aromatic carbocycles. The summed E-state index contributed by atoms with van der Waals surface area (Å²) in [4.78, 5) is 13.9. The smallest absolute Gasteiger partial charge is 0.253 e. The van der Waals surface area contributed by atoms with Gasteiger partial charge in [-0.05, 0) is 18.6 Å². The zero-order valence-corrected chi connectivity index (χ0v) is 10.7. The van der Waals surface area contributed by atoms with Gasteiger partial charge in [-0.2, -0.15) is 0 Å². The lowest BCUT2D eigenvalue weighted by Crippen LogP contribution is -2.37. The number of oxime groups is 1. The molecule has 1 unspecified atom stereocenters. The number of amidine groups is 1. The molecule has 1 amide bonds. The Labute approximate surface area is 111 Å². The van der Waals surface area contributed by atoms with E-state index >= 15 is 0 Å². The van der Waals surface area contributed by atoms with Crippen molar-refractivity contribution < 1.29 is 14.7 Å². The SMILES string of the molecule is CN(C(=O)c1ccc(/C(N)=N/O)cc1)C1CCOC1. The van der Waals surface area contributed by atoms with Crippen molar-refractivity contribution >= 4 is 11.7 Å². The fourth-order valence-electron chi connectivity index (χ4n) is 2.04. The molecule has 102 valence electrons. The van der Waals surface area contributed by atoms with Crippen molar-refractivity contribution in [1.82, 2.24) is 4.90 Å². The number of nitrogens with zero attached hydrogens (tertiary/aromatic N) is 2. The van der Waals surface area contributed by atoms with E-state index in [-0.39, 0.29) is 17.8 Å². The minimum absolute atomic E-state index is 0.0246. The van der Waals surface area contributed by atoms with E-state index in [1.807, 2.05) is 0 Å². The molecule has 3 N–H and O–H groups in total. The predicted octanol–water partition coefficient (Wildman–Crippen LogP) is 0.642. The first-order chi connectivity index (χ1) is 9.13. The standard InChI is InChI=1S/C13H17N3O3/c1-16(11-6-7-19-8-11)13(17)10-4-2-9(3-5-10)12(14)15-18/h2-5,11,18H,6-8H2,1H3,(H2,14,15). The van der Waals surface area contributed by atoms with Gasteiger partial charge in [0, 0.05) is 24.8 Å². The molecule has 2 rings (SSSR count). The van der Waals surface area contributed by atoms with E-state index < -0.39 is 0 Å². The van der Waals surface area contributed by atoms with Crippen LogP contribution in [0.25, 0.3) is 0 Å². The number of hydrogen-bond donors (Lipinski definition) is 2. The minimum atomic E-state index is -0.0541. The van der Waals surface area contributed by atoms with Crippen LogP contribution in [0.1, 0.15) is 22.3 Å². The molecule has 0 aromatic heterocycles. The molecule has 6 heteroatoms. The molecule has 1 saturated heterocycles. The molecule has 1 fully saturated rings. The topological polar surface area (TPSA) is 88.2 Å². The summed E-state index contributed by atoms with van der Waals surface area (Å²) in [5.74, 6) is -0.0295. The van der Waals surface area contributed by atoms with Crippen molar-refractivity contribution in [2.75, 3.05) is 20.3 Å². The van der Waals surface area contributed by atoms with E-state index in [0.29, 0.717) is 24.3 Å². The fourth-order valence-corrected chi connectivity index (χ4v) is 2.04. The molecule has 0 saturated carbocycles. The zero-order chi connectivity index (χ0) is 13.8. The number of carbonyl (C=O) groups excluding carboxylic acids is 1. The maximum absolute atomic E-state index is 12.2. The highest BCUT2D eigenvalue weighted by Gasteiger charge is 2.24. The van der Waals surface area contributed by atoms with Gasteiger partial charge in [-0.3, -0.25) is 4.79 Å². The average Bonchev–Trinajstić information content (AvgIpc) is 2.99. The molecule has 19 heavy (non-hydrogen) atoms. The molecule has 0 spiro atoms. The molecule has 0 radical (unpaired) electrons. The third kappa shape index (κ3) is 2.85. The van der Waals surface area contributed by atoms with Crippen LogP contribution in [0.15, 0.2) is 29.4 Å². The maximum Gasteiger partial charge on any atom is 0.253 e. The number of hydrogen-bond acceptors (Lipinski definition) is 4. The Bertz CT molecular complexity index is 478. The van der Waals surface area contributed by atoms with Crippen LogP contribution in [0.3, 0.4) is 0 Å². The van der Waals surface area contributed by atoms with Gasteiger partial charge >= 0.3 is 0 Å². The summed E-state index contributed by atoms with van der Waals surface area (Å²) < 4.78 is 5.28. The van der Waals surface area contributed by atoms with Gasteiger partial charge in [-0.15, -0.1) is 0 Å². The fraction of sp³-hybridized carbons (Fsp3) is 0.385. The van der Waals surface area contributed by atoms with Gasteiger partial charge in [-0.25, -0.2) is 0 Å². The third-order valence-corrected chi connectivity index (χ3v) is 3.31. The molecular weight excluding hydrogens is 246 g/mol. The van der Waals surface area contributed by atoms with Crippen LogP contribution in [-0.2, 0) is 4.74 Å². The Morgan fingerprint density at radius 3 is 2.58 bits per heavy atom. The highest BCUT2D eigenvalue weighted by atomic mass is 16.5. The van der Waals surface area contributed by atoms with Crippen LogP contribution in [0.2, 0.25) is 0 Å². The normalized spacial score (nSPS) is 19.4. The summed E-state index contributed by atoms with van der Waals surface area (Å²) in [6.45, 7) is 1.29. The Morgan fingerprint density at radius 1 is 1.42 bits per heavy atom. The summed E-state index contributed by atoms with van der Waals surface area (Å²) in [5.41, 5.74) is 6.62. The van der Waals surface area contributed by atoms with Crippen LogP contribution in [0, 0.1) is 0 Å². The van der Waals surface area contributed by atoms with Gasteiger partial charge in [0.05, 0.1) is 12.6 Å². The summed E-state index contributed by atoms with van der Waals surface area (Å²) in [7, 11) is 1.78. The van der Waals surface area contributed by atoms with Gasteiger partial charge in [0.15, 0.2) is 5.84 Å². The lowest BCUT2D eigenvalue weighted by Gasteiger charge is -2.23. The number of amides is 1. The number of nitrogens with two attached hydrogens (primary N) is 1. The van der Waals surface area contributed by atoms with Crippen LogP contribution < -0.4 is 5.73 Å². The molecule has 1 aliphatic rings. The summed E-state index contributed by atoms with van der Waals surface area (Å²) >= 11 is 0. The van der Waals surface area contributed by atoms with Crippen molar-refractivity contribution in [2.24, 2.45) is 10.9 Å². The molecule has 1 heterocycles. The monoisotopic (exact) mass is 263 g/mol. The number of rotatable bonds is 3. The van der Waals surface area contributed by atoms with Crippen molar-refractivity contribution in [3.05, 3.63) is 35.4 Å². The molecule has 0 bridgehead atoms. The summed E-state index contributed by atoms with van der Waals surface area (Å²) in [6.07, 6.45) is 0.866. The van der Waals surface area contributed by atoms with Gasteiger partial charge in [-0.1, -0.05) is 17.3 Å². The highest BCUT2D eigenvalue weighted by Crippen LogP contribution is 2.14. The number of ether oxygens (including phenoxy) is 1. The summed E-state index contributed by atoms with van der Waals surface area (Å²) in [6, 6.07) is 6.78. The van der Waals surface area contributed by atoms with E-state index in [1.165, 1.54) is 0 Å². The first kappa shape index (κ1) is 13.4. The Hall–Kier alpha value is -2.08. The van der Waals surface area contributed by atoms with Crippen LogP contribution in [-0.4, -0.2) is 48.2 Å². The van der Waals surface area contributed by atoms with Crippen LogP contribution in [0.4, 0.5) is 0 Å². The molecule has 1 aliphatic heterocycles. The zero-order valence-electron chi connectivity index (χ0n) is 10.7. The second-order valence-electron chi connectivity index (χ2n) is 4.50. The van der Waals surface area contributed by atoms with E-state index in [0.717, 1.165) is 6.42 Å². The highest BCUT2D eigenvalue weighted by molar-refractivity contribution is 5.99. The second kappa shape index (κ2) is 5.71. The first-order valence-electron chi connectivity index (χ1n) is 6.06. The maximum atomic E-state index is 12.2. The van der Waals surface area contributed by atoms with Crippen molar-refractivity contribution in [1.29, 1.82) is 0 Å². The van der Waals surface area contributed by atoms with Crippen LogP contribution >= 0.6 is 0 Å². The second-order valence-corrected chi connectivity index (χ2v) is 4.50. The lowest BCUT2D eigenvalue weighted by atomic mass is 10.1. The average molecular weight is 263 g/mol. The van der Waals surface area contributed by atoms with Gasteiger partial charge in [0.1, 0.15) is 0 Å². The van der Waals surface area contributed by atoms with Crippen LogP contribution in [0.5, 0.6) is 0 Å². The third-order valence-electron chi connectivity index (χ3n) is 3.31. The van der Waals surface area contributed by atoms with Gasteiger partial charge < -0.3 is 20.6 Å². The lowest BCUT2D eigenvalue weighted by molar-refractivity contribution is 0.0711. The van der Waals surface area contributed by atoms with E-state index in [9.17, 15) is 4.79 Å². The van der Waals surface area contributed by atoms with E-state index in [2.05, 4.69) is 5.16 Å². The van der Waals surface area contributed by atoms with E-state index in [1.54, 1.807) is 36.2 Å². The Balaban J connectivity index is 2.11. The molecule has 0 aliphatic carbocycles. The Kier molecular flexibility index (Phi) is 4.01. The molecule has 1 aromatic rings. The van der Waals surface area contributed by atoms with E-state index in [4.69, 9.17) is 15.7 Å². The van der Waals surface area contributed by atoms with Gasteiger partial charge in [0.2, 0.25) is 0 Å². The number of benzene rings is 1. The largest absolute Gasteiger partial charge is 0.409 e. The number of carbonyl (C=O) groups is 1. The molecular formula is C13H17N3O3. The number of likely N-dealkylation sites (N-methyl/N-ethyl adjacent to an activating group) is 1. The minimum Gasteiger partial charge on any atom is -0.409 e. The van der Waals surface area contributed by atoms with Crippen molar-refractivity contribution in [3.8, 4) is 0 Å². The summed E-state index contributed by atoms with van der Waals surface area (Å²) in [5, 5.41) is 11.5. The molecule has 1 atom stereocenters. The quantitative estimate of drug-likeness (QED) is 0.362. The predicted molar refractivity (Wildman–Crippen MR) is 70.3 cm³/mol. The molecule has 6 nitrogen and oxygen atoms in total. The Morgan fingerprint density at radius 2 is 2.05 bits per heavy atom. The van der Waals surface area contributed by atoms with Crippen molar-refractivity contribution in [2.45, 2.75) is 12.5 Å².